The molecule has 0 bridgehead atoms. The van der Waals surface area contributed by atoms with Gasteiger partial charge in [-0.3, -0.25) is 14.6 Å². The quantitative estimate of drug-likeness (QED) is 0.850. The van der Waals surface area contributed by atoms with Crippen molar-refractivity contribution < 1.29 is 4.79 Å². The molecule has 4 nitrogen and oxygen atoms in total. The van der Waals surface area contributed by atoms with Gasteiger partial charge in [0.05, 0.1) is 0 Å². The fourth-order valence-electron chi connectivity index (χ4n) is 3.86. The van der Waals surface area contributed by atoms with Gasteiger partial charge in [0.1, 0.15) is 0 Å². The Morgan fingerprint density at radius 1 is 1.09 bits per heavy atom. The summed E-state index contributed by atoms with van der Waals surface area (Å²) in [6, 6.07) is 11.4. The molecule has 2 fully saturated rings. The predicted octanol–water partition coefficient (Wildman–Crippen LogP) is 1.67. The van der Waals surface area contributed by atoms with E-state index in [1.165, 1.54) is 12.1 Å². The summed E-state index contributed by atoms with van der Waals surface area (Å²) in [5.41, 5.74) is 1.40. The minimum Gasteiger partial charge on any atom is -0.340 e. The average Bonchev–Trinajstić information content (AvgIpc) is 2.89. The first-order chi connectivity index (χ1) is 10.6. The molecule has 2 heterocycles. The number of rotatable bonds is 3. The molecule has 4 heteroatoms. The largest absolute Gasteiger partial charge is 0.340 e. The van der Waals surface area contributed by atoms with E-state index >= 15 is 0 Å². The Hall–Kier alpha value is -1.39. The summed E-state index contributed by atoms with van der Waals surface area (Å²) in [6.07, 6.45) is 0. The summed E-state index contributed by atoms with van der Waals surface area (Å²) in [4.78, 5) is 18.6. The number of likely N-dealkylation sites (tertiary alicyclic amines) is 1. The lowest BCUT2D eigenvalue weighted by Crippen LogP contribution is -2.53. The first kappa shape index (κ1) is 15.5. The van der Waals surface area contributed by atoms with Crippen LogP contribution < -0.4 is 0 Å². The van der Waals surface area contributed by atoms with E-state index in [9.17, 15) is 4.79 Å². The summed E-state index contributed by atoms with van der Waals surface area (Å²) < 4.78 is 0. The molecule has 1 aromatic carbocycles. The van der Waals surface area contributed by atoms with E-state index in [0.29, 0.717) is 12.0 Å². The van der Waals surface area contributed by atoms with E-state index in [4.69, 9.17) is 0 Å². The SMILES string of the molecule is CC(=O)N1CCN([C@@H]2CN(Cc3ccccc3)C[C@@H]2C)CC1. The average molecular weight is 301 g/mol. The van der Waals surface area contributed by atoms with Crippen LogP contribution >= 0.6 is 0 Å². The number of benzene rings is 1. The monoisotopic (exact) mass is 301 g/mol. The summed E-state index contributed by atoms with van der Waals surface area (Å²) in [6.45, 7) is 11.2. The van der Waals surface area contributed by atoms with E-state index < -0.39 is 0 Å². The fraction of sp³-hybridized carbons (Fsp3) is 0.611. The van der Waals surface area contributed by atoms with E-state index in [1.807, 2.05) is 4.90 Å². The van der Waals surface area contributed by atoms with E-state index in [2.05, 4.69) is 47.1 Å². The molecular weight excluding hydrogens is 274 g/mol. The fourth-order valence-corrected chi connectivity index (χ4v) is 3.86. The van der Waals surface area contributed by atoms with Crippen LogP contribution in [-0.4, -0.2) is 65.9 Å². The normalized spacial score (nSPS) is 27.3. The van der Waals surface area contributed by atoms with Gasteiger partial charge < -0.3 is 4.90 Å². The van der Waals surface area contributed by atoms with Crippen LogP contribution in [0.5, 0.6) is 0 Å². The van der Waals surface area contributed by atoms with Gasteiger partial charge in [0, 0.05) is 58.8 Å². The maximum atomic E-state index is 11.4. The standard InChI is InChI=1S/C18H27N3O/c1-15-12-19(13-17-6-4-3-5-7-17)14-18(15)21-10-8-20(9-11-21)16(2)22/h3-7,15,18H,8-14H2,1-2H3/t15-,18+/m0/s1. The number of hydrogen-bond donors (Lipinski definition) is 0. The zero-order valence-electron chi connectivity index (χ0n) is 13.7. The van der Waals surface area contributed by atoms with Gasteiger partial charge in [-0.2, -0.15) is 0 Å². The molecule has 0 saturated carbocycles. The molecule has 0 unspecified atom stereocenters. The number of nitrogens with zero attached hydrogens (tertiary/aromatic N) is 3. The molecule has 1 aromatic rings. The van der Waals surface area contributed by atoms with Crippen molar-refractivity contribution in [1.29, 1.82) is 0 Å². The minimum absolute atomic E-state index is 0.213. The lowest BCUT2D eigenvalue weighted by molar-refractivity contribution is -0.130. The van der Waals surface area contributed by atoms with Crippen molar-refractivity contribution in [1.82, 2.24) is 14.7 Å². The molecular formula is C18H27N3O. The lowest BCUT2D eigenvalue weighted by atomic mass is 10.0. The van der Waals surface area contributed by atoms with Gasteiger partial charge in [0.2, 0.25) is 5.91 Å². The number of amides is 1. The van der Waals surface area contributed by atoms with Gasteiger partial charge in [-0.15, -0.1) is 0 Å². The predicted molar refractivity (Wildman–Crippen MR) is 88.5 cm³/mol. The summed E-state index contributed by atoms with van der Waals surface area (Å²) in [7, 11) is 0. The Bertz CT molecular complexity index is 496. The molecule has 0 radical (unpaired) electrons. The lowest BCUT2D eigenvalue weighted by Gasteiger charge is -2.39. The highest BCUT2D eigenvalue weighted by molar-refractivity contribution is 5.73. The molecule has 2 aliphatic rings. The summed E-state index contributed by atoms with van der Waals surface area (Å²) >= 11 is 0. The molecule has 0 aliphatic carbocycles. The van der Waals surface area contributed by atoms with Gasteiger partial charge in [-0.25, -0.2) is 0 Å². The Morgan fingerprint density at radius 3 is 2.41 bits per heavy atom. The molecule has 22 heavy (non-hydrogen) atoms. The van der Waals surface area contributed by atoms with Crippen LogP contribution in [0.15, 0.2) is 30.3 Å². The zero-order valence-corrected chi connectivity index (χ0v) is 13.7. The van der Waals surface area contributed by atoms with Crippen molar-refractivity contribution >= 4 is 5.91 Å². The molecule has 3 rings (SSSR count). The van der Waals surface area contributed by atoms with Crippen LogP contribution in [0.2, 0.25) is 0 Å². The van der Waals surface area contributed by atoms with Crippen molar-refractivity contribution in [2.24, 2.45) is 5.92 Å². The maximum absolute atomic E-state index is 11.4. The number of carbonyl (C=O) groups is 1. The third-order valence-corrected chi connectivity index (χ3v) is 5.13. The molecule has 120 valence electrons. The van der Waals surface area contributed by atoms with Gasteiger partial charge in [-0.05, 0) is 11.5 Å². The van der Waals surface area contributed by atoms with Gasteiger partial charge in [-0.1, -0.05) is 37.3 Å². The second-order valence-electron chi connectivity index (χ2n) is 6.77. The van der Waals surface area contributed by atoms with Gasteiger partial charge in [0.15, 0.2) is 0 Å². The minimum atomic E-state index is 0.213. The highest BCUT2D eigenvalue weighted by Gasteiger charge is 2.35. The van der Waals surface area contributed by atoms with Crippen LogP contribution in [0.25, 0.3) is 0 Å². The molecule has 1 amide bonds. The third-order valence-electron chi connectivity index (χ3n) is 5.13. The first-order valence-corrected chi connectivity index (χ1v) is 8.39. The van der Waals surface area contributed by atoms with E-state index in [1.54, 1.807) is 6.92 Å². The number of hydrogen-bond acceptors (Lipinski definition) is 3. The molecule has 2 aliphatic heterocycles. The topological polar surface area (TPSA) is 26.8 Å². The van der Waals surface area contributed by atoms with Crippen LogP contribution in [0, 0.1) is 5.92 Å². The molecule has 0 spiro atoms. The third kappa shape index (κ3) is 3.50. The Labute approximate surface area is 133 Å². The number of piperazine rings is 1. The highest BCUT2D eigenvalue weighted by atomic mass is 16.2. The second-order valence-corrected chi connectivity index (χ2v) is 6.77. The van der Waals surface area contributed by atoms with Gasteiger partial charge in [0.25, 0.3) is 0 Å². The smallest absolute Gasteiger partial charge is 0.219 e. The number of carbonyl (C=O) groups excluding carboxylic acids is 1. The Kier molecular flexibility index (Phi) is 4.79. The van der Waals surface area contributed by atoms with Crippen molar-refractivity contribution in [2.45, 2.75) is 26.4 Å². The van der Waals surface area contributed by atoms with Crippen molar-refractivity contribution in [3.8, 4) is 0 Å². The summed E-state index contributed by atoms with van der Waals surface area (Å²) in [5.74, 6) is 0.914. The van der Waals surface area contributed by atoms with Crippen molar-refractivity contribution in [3.63, 3.8) is 0 Å². The molecule has 2 saturated heterocycles. The maximum Gasteiger partial charge on any atom is 0.219 e. The van der Waals surface area contributed by atoms with Crippen LogP contribution in [0.4, 0.5) is 0 Å². The Balaban J connectivity index is 1.54. The van der Waals surface area contributed by atoms with E-state index in [-0.39, 0.29) is 5.91 Å². The summed E-state index contributed by atoms with van der Waals surface area (Å²) in [5, 5.41) is 0. The highest BCUT2D eigenvalue weighted by Crippen LogP contribution is 2.24. The van der Waals surface area contributed by atoms with Crippen LogP contribution in [0.3, 0.4) is 0 Å². The molecule has 2 atom stereocenters. The van der Waals surface area contributed by atoms with Crippen molar-refractivity contribution in [2.75, 3.05) is 39.3 Å². The Morgan fingerprint density at radius 2 is 1.77 bits per heavy atom. The van der Waals surface area contributed by atoms with E-state index in [0.717, 1.165) is 39.3 Å². The van der Waals surface area contributed by atoms with Gasteiger partial charge >= 0.3 is 0 Å². The zero-order chi connectivity index (χ0) is 15.5. The van der Waals surface area contributed by atoms with Crippen LogP contribution in [0.1, 0.15) is 19.4 Å². The first-order valence-electron chi connectivity index (χ1n) is 8.39. The van der Waals surface area contributed by atoms with Crippen molar-refractivity contribution in [3.05, 3.63) is 35.9 Å². The van der Waals surface area contributed by atoms with Crippen LogP contribution in [-0.2, 0) is 11.3 Å². The molecule has 0 N–H and O–H groups in total. The second kappa shape index (κ2) is 6.80. The molecule has 0 aromatic heterocycles.